The van der Waals surface area contributed by atoms with E-state index in [9.17, 15) is 14.4 Å². The fourth-order valence-electron chi connectivity index (χ4n) is 3.69. The first-order valence-electron chi connectivity index (χ1n) is 9.94. The van der Waals surface area contributed by atoms with Crippen molar-refractivity contribution < 1.29 is 0 Å². The van der Waals surface area contributed by atoms with Crippen LogP contribution in [0.1, 0.15) is 37.4 Å². The molecule has 0 aliphatic heterocycles. The van der Waals surface area contributed by atoms with Crippen LogP contribution in [0.2, 0.25) is 0 Å². The molecule has 2 aromatic heterocycles. The summed E-state index contributed by atoms with van der Waals surface area (Å²) in [6, 6.07) is 11.3. The van der Waals surface area contributed by atoms with Crippen molar-refractivity contribution in [1.82, 2.24) is 13.7 Å². The van der Waals surface area contributed by atoms with Crippen LogP contribution in [-0.2, 0) is 20.1 Å². The van der Waals surface area contributed by atoms with Crippen molar-refractivity contribution in [3.05, 3.63) is 78.7 Å². The largest absolute Gasteiger partial charge is 0.332 e. The Hall–Kier alpha value is -2.93. The van der Waals surface area contributed by atoms with Crippen molar-refractivity contribution in [2.24, 2.45) is 12.8 Å². The smallest absolute Gasteiger partial charge is 0.328 e. The van der Waals surface area contributed by atoms with Crippen LogP contribution in [0.3, 0.4) is 0 Å². The third-order valence-electron chi connectivity index (χ3n) is 5.26. The number of pyridine rings is 1. The molecule has 0 saturated carbocycles. The maximum Gasteiger partial charge on any atom is 0.332 e. The van der Waals surface area contributed by atoms with Crippen LogP contribution >= 0.6 is 0 Å². The van der Waals surface area contributed by atoms with Gasteiger partial charge < -0.3 is 10.3 Å². The van der Waals surface area contributed by atoms with Gasteiger partial charge >= 0.3 is 5.69 Å². The van der Waals surface area contributed by atoms with Crippen LogP contribution in [0, 0.1) is 6.92 Å². The third-order valence-corrected chi connectivity index (χ3v) is 5.26. The number of rotatable bonds is 7. The van der Waals surface area contributed by atoms with Gasteiger partial charge in [0.2, 0.25) is 0 Å². The van der Waals surface area contributed by atoms with Crippen molar-refractivity contribution in [3.8, 4) is 0 Å². The van der Waals surface area contributed by atoms with Gasteiger partial charge in [0, 0.05) is 37.9 Å². The minimum absolute atomic E-state index is 0.0563. The Bertz CT molecular complexity index is 1190. The summed E-state index contributed by atoms with van der Waals surface area (Å²) >= 11 is 0. The number of aromatic nitrogens is 3. The van der Waals surface area contributed by atoms with Gasteiger partial charge in [0.1, 0.15) is 11.0 Å². The topological polar surface area (TPSA) is 92.0 Å². The molecule has 7 heteroatoms. The average molecular weight is 396 g/mol. The second-order valence-electron chi connectivity index (χ2n) is 7.69. The van der Waals surface area contributed by atoms with E-state index < -0.39 is 11.2 Å². The van der Waals surface area contributed by atoms with Crippen molar-refractivity contribution in [2.45, 2.75) is 52.2 Å². The monoisotopic (exact) mass is 396 g/mol. The first-order chi connectivity index (χ1) is 13.8. The number of nitrogens with two attached hydrogens (primary N) is 1. The number of hydrogen-bond acceptors (Lipinski definition) is 4. The molecule has 0 fully saturated rings. The van der Waals surface area contributed by atoms with E-state index in [-0.39, 0.29) is 23.4 Å². The molecule has 1 atom stereocenters. The molecule has 0 aliphatic rings. The predicted octanol–water partition coefficient (Wildman–Crippen LogP) is 1.74. The van der Waals surface area contributed by atoms with Crippen molar-refractivity contribution in [1.29, 1.82) is 0 Å². The van der Waals surface area contributed by atoms with E-state index in [1.54, 1.807) is 7.05 Å². The number of nitrogens with zero attached hydrogens (tertiary/aromatic N) is 3. The molecule has 0 radical (unpaired) electrons. The second kappa shape index (κ2) is 8.61. The van der Waals surface area contributed by atoms with Crippen LogP contribution in [0.4, 0.5) is 0 Å². The molecule has 0 bridgehead atoms. The molecule has 3 aromatic rings. The minimum Gasteiger partial charge on any atom is -0.328 e. The molecular weight excluding hydrogens is 368 g/mol. The van der Waals surface area contributed by atoms with E-state index in [4.69, 9.17) is 5.73 Å². The Kier molecular flexibility index (Phi) is 6.17. The highest BCUT2D eigenvalue weighted by Gasteiger charge is 2.18. The lowest BCUT2D eigenvalue weighted by Crippen LogP contribution is -2.42. The van der Waals surface area contributed by atoms with Gasteiger partial charge in [-0.15, -0.1) is 0 Å². The molecule has 2 heterocycles. The Morgan fingerprint density at radius 3 is 2.38 bits per heavy atom. The first-order valence-corrected chi connectivity index (χ1v) is 9.94. The highest BCUT2D eigenvalue weighted by atomic mass is 16.2. The standard InChI is InChI=1S/C22H28N4O3/c1-15(23)9-7-8-12-25-21(28)19-18(27)13-16(2)26(20(19)24(3)22(25)29)14-17-10-5-4-6-11-17/h4-6,10-11,13,15H,7-9,12,14,23H2,1-3H3. The van der Waals surface area contributed by atoms with Gasteiger partial charge in [0.15, 0.2) is 5.43 Å². The minimum atomic E-state index is -0.518. The Morgan fingerprint density at radius 2 is 1.72 bits per heavy atom. The summed E-state index contributed by atoms with van der Waals surface area (Å²) in [6.45, 7) is 4.49. The van der Waals surface area contributed by atoms with Crippen LogP contribution in [0.25, 0.3) is 11.0 Å². The first kappa shape index (κ1) is 20.8. The average Bonchev–Trinajstić information content (AvgIpc) is 2.68. The summed E-state index contributed by atoms with van der Waals surface area (Å²) in [5, 5.41) is 0.0563. The van der Waals surface area contributed by atoms with Crippen LogP contribution < -0.4 is 22.4 Å². The summed E-state index contributed by atoms with van der Waals surface area (Å²) < 4.78 is 4.45. The molecule has 0 saturated heterocycles. The van der Waals surface area contributed by atoms with Gasteiger partial charge in [0.05, 0.1) is 0 Å². The molecule has 154 valence electrons. The van der Waals surface area contributed by atoms with Gasteiger partial charge in [0.25, 0.3) is 5.56 Å². The van der Waals surface area contributed by atoms with Crippen LogP contribution in [0.15, 0.2) is 50.8 Å². The molecule has 2 N–H and O–H groups in total. The molecule has 7 nitrogen and oxygen atoms in total. The van der Waals surface area contributed by atoms with Gasteiger partial charge in [-0.2, -0.15) is 0 Å². The molecule has 0 amide bonds. The summed E-state index contributed by atoms with van der Waals surface area (Å²) in [6.07, 6.45) is 2.30. The molecule has 0 spiro atoms. The lowest BCUT2D eigenvalue weighted by molar-refractivity contribution is 0.518. The van der Waals surface area contributed by atoms with Crippen LogP contribution in [0.5, 0.6) is 0 Å². The number of benzene rings is 1. The van der Waals surface area contributed by atoms with Crippen molar-refractivity contribution in [3.63, 3.8) is 0 Å². The molecule has 1 aromatic carbocycles. The summed E-state index contributed by atoms with van der Waals surface area (Å²) in [7, 11) is 1.61. The van der Waals surface area contributed by atoms with E-state index in [2.05, 4.69) is 0 Å². The van der Waals surface area contributed by atoms with Gasteiger partial charge in [-0.3, -0.25) is 18.7 Å². The molecule has 3 rings (SSSR count). The summed E-state index contributed by atoms with van der Waals surface area (Å²) in [5.41, 5.74) is 6.57. The highest BCUT2D eigenvalue weighted by Crippen LogP contribution is 2.12. The van der Waals surface area contributed by atoms with E-state index in [1.807, 2.05) is 48.7 Å². The van der Waals surface area contributed by atoms with Gasteiger partial charge in [-0.25, -0.2) is 4.79 Å². The SMILES string of the molecule is Cc1cc(=O)c2c(=O)n(CCCCC(C)N)c(=O)n(C)c2n1Cc1ccccc1. The zero-order valence-corrected chi connectivity index (χ0v) is 17.2. The van der Waals surface area contributed by atoms with E-state index in [1.165, 1.54) is 15.2 Å². The number of fused-ring (bicyclic) bond motifs is 1. The van der Waals surface area contributed by atoms with Crippen LogP contribution in [-0.4, -0.2) is 19.7 Å². The lowest BCUT2D eigenvalue weighted by atomic mass is 10.1. The summed E-state index contributed by atoms with van der Waals surface area (Å²) in [4.78, 5) is 38.7. The predicted molar refractivity (Wildman–Crippen MR) is 115 cm³/mol. The summed E-state index contributed by atoms with van der Waals surface area (Å²) in [5.74, 6) is 0. The van der Waals surface area contributed by atoms with Gasteiger partial charge in [-0.05, 0) is 32.3 Å². The van der Waals surface area contributed by atoms with Gasteiger partial charge in [-0.1, -0.05) is 36.8 Å². The molecular formula is C22H28N4O3. The van der Waals surface area contributed by atoms with E-state index in [0.29, 0.717) is 24.3 Å². The quantitative estimate of drug-likeness (QED) is 0.616. The lowest BCUT2D eigenvalue weighted by Gasteiger charge is -2.18. The fraction of sp³-hybridized carbons (Fsp3) is 0.409. The zero-order valence-electron chi connectivity index (χ0n) is 17.2. The van der Waals surface area contributed by atoms with Crippen molar-refractivity contribution in [2.75, 3.05) is 0 Å². The number of hydrogen-bond donors (Lipinski definition) is 1. The Morgan fingerprint density at radius 1 is 1.03 bits per heavy atom. The molecule has 0 aliphatic carbocycles. The molecule has 29 heavy (non-hydrogen) atoms. The zero-order chi connectivity index (χ0) is 21.1. The number of aryl methyl sites for hydroxylation is 2. The van der Waals surface area contributed by atoms with Crippen molar-refractivity contribution >= 4 is 11.0 Å². The maximum absolute atomic E-state index is 13.1. The second-order valence-corrected chi connectivity index (χ2v) is 7.69. The Labute approximate surface area is 169 Å². The number of unbranched alkanes of at least 4 members (excludes halogenated alkanes) is 1. The normalized spacial score (nSPS) is 12.4. The molecule has 1 unspecified atom stereocenters. The highest BCUT2D eigenvalue weighted by molar-refractivity contribution is 5.74. The maximum atomic E-state index is 13.1. The third kappa shape index (κ3) is 4.24. The van der Waals surface area contributed by atoms with E-state index >= 15 is 0 Å². The van der Waals surface area contributed by atoms with E-state index in [0.717, 1.165) is 18.4 Å². The fourth-order valence-corrected chi connectivity index (χ4v) is 3.69. The Balaban J connectivity index is 2.15.